The van der Waals surface area contributed by atoms with E-state index in [1.807, 2.05) is 19.1 Å². The zero-order chi connectivity index (χ0) is 27.1. The minimum absolute atomic E-state index is 0.0982. The maximum absolute atomic E-state index is 13.2. The van der Waals surface area contributed by atoms with E-state index >= 15 is 0 Å². The van der Waals surface area contributed by atoms with Gasteiger partial charge in [0.2, 0.25) is 21.8 Å². The van der Waals surface area contributed by atoms with Crippen LogP contribution in [0.4, 0.5) is 0 Å². The molecule has 1 saturated heterocycles. The summed E-state index contributed by atoms with van der Waals surface area (Å²) in [5, 5.41) is 6.69. The Balaban J connectivity index is 1.32. The molecule has 11 nitrogen and oxygen atoms in total. The quantitative estimate of drug-likeness (QED) is 0.163. The van der Waals surface area contributed by atoms with Crippen LogP contribution in [0, 0.1) is 0 Å². The summed E-state index contributed by atoms with van der Waals surface area (Å²) < 4.78 is 34.1. The fourth-order valence-electron chi connectivity index (χ4n) is 4.23. The minimum Gasteiger partial charge on any atom is -0.493 e. The number of likely N-dealkylation sites (tertiary alicyclic amines) is 1. The Morgan fingerprint density at radius 2 is 2.13 bits per heavy atom. The molecule has 0 aliphatic carbocycles. The maximum Gasteiger partial charge on any atom is 0.241 e. The number of ether oxygens (including phenoxy) is 1. The predicted molar refractivity (Wildman–Crippen MR) is 143 cm³/mol. The Morgan fingerprint density at radius 1 is 1.29 bits per heavy atom. The first-order chi connectivity index (χ1) is 18.3. The van der Waals surface area contributed by atoms with Crippen LogP contribution in [-0.4, -0.2) is 63.3 Å². The number of hydrogen-bond acceptors (Lipinski definition) is 8. The van der Waals surface area contributed by atoms with Crippen molar-refractivity contribution in [3.63, 3.8) is 0 Å². The van der Waals surface area contributed by atoms with E-state index in [9.17, 15) is 18.0 Å². The summed E-state index contributed by atoms with van der Waals surface area (Å²) in [4.78, 5) is 34.1. The van der Waals surface area contributed by atoms with Crippen molar-refractivity contribution in [3.05, 3.63) is 45.6 Å². The van der Waals surface area contributed by atoms with Crippen molar-refractivity contribution in [2.75, 3.05) is 26.3 Å². The van der Waals surface area contributed by atoms with E-state index in [1.54, 1.807) is 12.1 Å². The van der Waals surface area contributed by atoms with Gasteiger partial charge in [-0.1, -0.05) is 12.1 Å². The number of amidine groups is 1. The number of carbonyl (C=O) groups is 2. The number of hydrogen-bond donors (Lipinski definition) is 3. The highest BCUT2D eigenvalue weighted by Gasteiger charge is 2.32. The fourth-order valence-corrected chi connectivity index (χ4v) is 6.35. The molecule has 0 bridgehead atoms. The molecule has 0 saturated carbocycles. The van der Waals surface area contributed by atoms with Crippen molar-refractivity contribution in [1.29, 1.82) is 0 Å². The van der Waals surface area contributed by atoms with Gasteiger partial charge >= 0.3 is 0 Å². The van der Waals surface area contributed by atoms with E-state index in [0.29, 0.717) is 51.2 Å². The molecule has 4 rings (SSSR count). The zero-order valence-electron chi connectivity index (χ0n) is 21.3. The van der Waals surface area contributed by atoms with E-state index in [0.717, 1.165) is 21.7 Å². The van der Waals surface area contributed by atoms with Gasteiger partial charge in [0.25, 0.3) is 0 Å². The summed E-state index contributed by atoms with van der Waals surface area (Å²) in [6, 6.07) is 7.42. The maximum atomic E-state index is 13.2. The van der Waals surface area contributed by atoms with E-state index in [4.69, 9.17) is 15.3 Å². The first kappa shape index (κ1) is 27.9. The summed E-state index contributed by atoms with van der Waals surface area (Å²) in [5.74, 6) is 0.226. The van der Waals surface area contributed by atoms with Gasteiger partial charge in [0.1, 0.15) is 18.4 Å². The molecule has 0 radical (unpaired) electrons. The number of rotatable bonds is 11. The second-order valence-corrected chi connectivity index (χ2v) is 12.0. The zero-order valence-corrected chi connectivity index (χ0v) is 22.9. The topological polar surface area (TPSA) is 152 Å². The Bertz CT molecular complexity index is 1290. The minimum atomic E-state index is -3.92. The van der Waals surface area contributed by atoms with Crippen LogP contribution in [0.3, 0.4) is 0 Å². The predicted octanol–water partition coefficient (Wildman–Crippen LogP) is 1.71. The molecule has 2 aromatic rings. The second kappa shape index (κ2) is 12.6. The molecule has 1 fully saturated rings. The first-order valence-electron chi connectivity index (χ1n) is 12.6. The van der Waals surface area contributed by atoms with Gasteiger partial charge in [0.15, 0.2) is 5.84 Å². The summed E-state index contributed by atoms with van der Waals surface area (Å²) in [6.07, 6.45) is 3.19. The van der Waals surface area contributed by atoms with Crippen LogP contribution >= 0.6 is 11.3 Å². The fraction of sp³-hybridized carbons (Fsp3) is 0.480. The van der Waals surface area contributed by atoms with Crippen molar-refractivity contribution < 1.29 is 27.6 Å². The second-order valence-electron chi connectivity index (χ2n) is 9.15. The van der Waals surface area contributed by atoms with Crippen molar-refractivity contribution in [2.24, 2.45) is 10.9 Å². The van der Waals surface area contributed by atoms with Gasteiger partial charge in [-0.3, -0.25) is 9.59 Å². The molecule has 4 N–H and O–H groups in total. The number of nitrogens with two attached hydrogens (primary N) is 1. The normalized spacial score (nSPS) is 18.0. The van der Waals surface area contributed by atoms with Gasteiger partial charge in [0.05, 0.1) is 29.5 Å². The van der Waals surface area contributed by atoms with Crippen molar-refractivity contribution >= 4 is 39.0 Å². The molecule has 38 heavy (non-hydrogen) atoms. The summed E-state index contributed by atoms with van der Waals surface area (Å²) in [5.41, 5.74) is 6.76. The lowest BCUT2D eigenvalue weighted by Crippen LogP contribution is -2.49. The number of carbonyl (C=O) groups excluding carboxylic acids is 2. The molecular weight excluding hydrogens is 530 g/mol. The average Bonchev–Trinajstić information content (AvgIpc) is 3.54. The van der Waals surface area contributed by atoms with Crippen LogP contribution in [0.5, 0.6) is 5.75 Å². The number of nitrogens with zero attached hydrogens (tertiary/aromatic N) is 2. The van der Waals surface area contributed by atoms with E-state index < -0.39 is 22.0 Å². The number of fused-ring (bicyclic) bond motifs is 1. The summed E-state index contributed by atoms with van der Waals surface area (Å²) in [6.45, 7) is 3.48. The van der Waals surface area contributed by atoms with E-state index in [2.05, 4.69) is 15.2 Å². The van der Waals surface area contributed by atoms with Crippen LogP contribution in [0.1, 0.15) is 47.9 Å². The third-order valence-electron chi connectivity index (χ3n) is 6.22. The van der Waals surface area contributed by atoms with Gasteiger partial charge in [-0.05, 0) is 61.6 Å². The molecule has 2 aliphatic rings. The monoisotopic (exact) mass is 563 g/mol. The van der Waals surface area contributed by atoms with E-state index in [-0.39, 0.29) is 29.7 Å². The molecular formula is C25H33N5O6S2. The van der Waals surface area contributed by atoms with Crippen LogP contribution in [0.2, 0.25) is 0 Å². The lowest BCUT2D eigenvalue weighted by Gasteiger charge is -2.24. The number of thiophene rings is 1. The van der Waals surface area contributed by atoms with Gasteiger partial charge in [-0.2, -0.15) is 4.72 Å². The Kier molecular flexibility index (Phi) is 9.23. The Labute approximate surface area is 226 Å². The molecule has 13 heteroatoms. The molecule has 206 valence electrons. The van der Waals surface area contributed by atoms with Crippen molar-refractivity contribution in [1.82, 2.24) is 14.9 Å². The summed E-state index contributed by atoms with van der Waals surface area (Å²) >= 11 is 1.39. The van der Waals surface area contributed by atoms with Gasteiger partial charge < -0.3 is 25.5 Å². The van der Waals surface area contributed by atoms with Crippen LogP contribution < -0.4 is 20.5 Å². The largest absolute Gasteiger partial charge is 0.493 e. The number of oxime groups is 1. The van der Waals surface area contributed by atoms with Crippen LogP contribution in [-0.2, 0) is 37.4 Å². The van der Waals surface area contributed by atoms with Gasteiger partial charge in [-0.25, -0.2) is 8.42 Å². The van der Waals surface area contributed by atoms with Crippen molar-refractivity contribution in [3.8, 4) is 5.75 Å². The highest BCUT2D eigenvalue weighted by molar-refractivity contribution is 7.89. The number of sulfonamides is 1. The molecule has 3 heterocycles. The molecule has 0 spiro atoms. The number of nitrogens with one attached hydrogen (secondary N) is 2. The molecule has 2 aliphatic heterocycles. The van der Waals surface area contributed by atoms with E-state index in [1.165, 1.54) is 22.3 Å². The smallest absolute Gasteiger partial charge is 0.241 e. The molecule has 1 aromatic heterocycles. The molecule has 0 unspecified atom stereocenters. The third kappa shape index (κ3) is 7.03. The van der Waals surface area contributed by atoms with Gasteiger partial charge in [-0.15, -0.1) is 11.3 Å². The average molecular weight is 564 g/mol. The molecule has 1 aromatic carbocycles. The highest BCUT2D eigenvalue weighted by atomic mass is 32.2. The number of benzene rings is 1. The summed E-state index contributed by atoms with van der Waals surface area (Å²) in [7, 11) is -3.92. The van der Waals surface area contributed by atoms with Crippen molar-refractivity contribution in [2.45, 2.75) is 56.5 Å². The standard InChI is InChI=1S/C25H33N5O6S2/c1-2-12-36-28-24(26)22-9-6-18(37-22)15-27-23(31)16-30-11-4-3-5-20(25(30)32)29-38(33,34)19-7-8-21-17(14-19)10-13-35-21/h6-9,14,20,29H,2-5,10-13,15-16H2,1H3,(H2,26,28)(H,27,31)/t20-/m0/s1. The third-order valence-corrected chi connectivity index (χ3v) is 8.79. The van der Waals surface area contributed by atoms with Crippen LogP contribution in [0.25, 0.3) is 0 Å². The highest BCUT2D eigenvalue weighted by Crippen LogP contribution is 2.28. The molecule has 1 atom stereocenters. The lowest BCUT2D eigenvalue weighted by atomic mass is 10.1. The Morgan fingerprint density at radius 3 is 2.95 bits per heavy atom. The van der Waals surface area contributed by atoms with Gasteiger partial charge in [0, 0.05) is 17.8 Å². The molecule has 2 amide bonds. The first-order valence-corrected chi connectivity index (χ1v) is 14.9. The lowest BCUT2D eigenvalue weighted by molar-refractivity contribution is -0.136. The SMILES string of the molecule is CCCO/N=C(\N)c1ccc(CNC(=O)CN2CCCC[C@H](NS(=O)(=O)c3ccc4c(c3)CCO4)C2=O)s1. The Hall–Kier alpha value is -3.16. The van der Waals surface area contributed by atoms with Crippen LogP contribution in [0.15, 0.2) is 40.4 Å². The number of amides is 2.